The smallest absolute Gasteiger partial charge is 0.0662 e. The van der Waals surface area contributed by atoms with Gasteiger partial charge in [0.15, 0.2) is 0 Å². The van der Waals surface area contributed by atoms with E-state index in [1.54, 1.807) is 6.92 Å². The van der Waals surface area contributed by atoms with Crippen LogP contribution in [-0.2, 0) is 4.74 Å². The van der Waals surface area contributed by atoms with E-state index in [1.165, 1.54) is 0 Å². The fourth-order valence-corrected chi connectivity index (χ4v) is 0.819. The molecule has 3 nitrogen and oxygen atoms in total. The third kappa shape index (κ3) is 6.58. The maximum absolute atomic E-state index is 9.13. The molecular weight excluding hydrogens is 154 g/mol. The van der Waals surface area contributed by atoms with Gasteiger partial charge in [-0.3, -0.25) is 0 Å². The zero-order chi connectivity index (χ0) is 9.40. The van der Waals surface area contributed by atoms with Crippen molar-refractivity contribution in [3.05, 3.63) is 0 Å². The highest BCUT2D eigenvalue weighted by molar-refractivity contribution is 4.65. The predicted molar refractivity (Wildman–Crippen MR) is 50.3 cm³/mol. The van der Waals surface area contributed by atoms with Gasteiger partial charge in [-0.15, -0.1) is 0 Å². The van der Waals surface area contributed by atoms with E-state index in [1.807, 2.05) is 13.8 Å². The second-order valence-corrected chi connectivity index (χ2v) is 3.03. The molecule has 0 aliphatic heterocycles. The van der Waals surface area contributed by atoms with Crippen LogP contribution in [0.25, 0.3) is 0 Å². The van der Waals surface area contributed by atoms with Crippen LogP contribution in [0.4, 0.5) is 0 Å². The molecule has 0 radical (unpaired) electrons. The van der Waals surface area contributed by atoms with Crippen molar-refractivity contribution in [2.24, 2.45) is 0 Å². The minimum atomic E-state index is -0.280. The molecular formula is C9H21NO2. The summed E-state index contributed by atoms with van der Waals surface area (Å²) in [6.07, 6.45) is 0.724. The van der Waals surface area contributed by atoms with Crippen LogP contribution in [0.2, 0.25) is 0 Å². The summed E-state index contributed by atoms with van der Waals surface area (Å²) < 4.78 is 5.17. The normalized spacial score (nSPS) is 16.0. The summed E-state index contributed by atoms with van der Waals surface area (Å²) >= 11 is 0. The Kier molecular flexibility index (Phi) is 7.45. The number of aliphatic hydroxyl groups excluding tert-OH is 1. The first kappa shape index (κ1) is 11.9. The Hall–Kier alpha value is -0.120. The minimum absolute atomic E-state index is 0.173. The number of hydrogen-bond donors (Lipinski definition) is 2. The number of rotatable bonds is 7. The van der Waals surface area contributed by atoms with Crippen molar-refractivity contribution in [3.8, 4) is 0 Å². The molecule has 0 spiro atoms. The highest BCUT2D eigenvalue weighted by Gasteiger charge is 2.05. The van der Waals surface area contributed by atoms with Crippen molar-refractivity contribution in [2.75, 3.05) is 19.8 Å². The molecule has 3 heteroatoms. The monoisotopic (exact) mass is 175 g/mol. The van der Waals surface area contributed by atoms with E-state index in [9.17, 15) is 0 Å². The predicted octanol–water partition coefficient (Wildman–Crippen LogP) is 0.772. The summed E-state index contributed by atoms with van der Waals surface area (Å²) in [5, 5.41) is 12.3. The topological polar surface area (TPSA) is 41.5 Å². The third-order valence-corrected chi connectivity index (χ3v) is 1.86. The summed E-state index contributed by atoms with van der Waals surface area (Å²) in [6.45, 7) is 8.26. The molecule has 0 fully saturated rings. The molecule has 0 rings (SSSR count). The molecule has 0 bridgehead atoms. The average molecular weight is 175 g/mol. The zero-order valence-corrected chi connectivity index (χ0v) is 8.34. The van der Waals surface area contributed by atoms with Crippen molar-refractivity contribution in [2.45, 2.75) is 39.3 Å². The third-order valence-electron chi connectivity index (χ3n) is 1.86. The lowest BCUT2D eigenvalue weighted by molar-refractivity contribution is 0.133. The standard InChI is InChI=1S/C9H21NO2/c1-4-12-7-5-6-10-8(2)9(3)11/h8-11H,4-7H2,1-3H3. The molecule has 0 aliphatic carbocycles. The van der Waals surface area contributed by atoms with Crippen LogP contribution >= 0.6 is 0 Å². The first-order chi connectivity index (χ1) is 5.68. The summed E-state index contributed by atoms with van der Waals surface area (Å²) in [6, 6.07) is 0.173. The van der Waals surface area contributed by atoms with E-state index in [2.05, 4.69) is 5.32 Å². The van der Waals surface area contributed by atoms with E-state index in [0.29, 0.717) is 0 Å². The fraction of sp³-hybridized carbons (Fsp3) is 1.00. The van der Waals surface area contributed by atoms with E-state index < -0.39 is 0 Å². The Bertz CT molecular complexity index is 96.5. The van der Waals surface area contributed by atoms with Crippen molar-refractivity contribution in [1.82, 2.24) is 5.32 Å². The maximum atomic E-state index is 9.13. The highest BCUT2D eigenvalue weighted by Crippen LogP contribution is 1.90. The van der Waals surface area contributed by atoms with Crippen LogP contribution in [0.1, 0.15) is 27.2 Å². The summed E-state index contributed by atoms with van der Waals surface area (Å²) in [5.74, 6) is 0. The van der Waals surface area contributed by atoms with Crippen LogP contribution in [0, 0.1) is 0 Å². The van der Waals surface area contributed by atoms with Gasteiger partial charge >= 0.3 is 0 Å². The number of ether oxygens (including phenoxy) is 1. The first-order valence-corrected chi connectivity index (χ1v) is 4.67. The van der Waals surface area contributed by atoms with Crippen molar-refractivity contribution < 1.29 is 9.84 Å². The number of aliphatic hydroxyl groups is 1. The quantitative estimate of drug-likeness (QED) is 0.562. The van der Waals surface area contributed by atoms with Crippen molar-refractivity contribution in [1.29, 1.82) is 0 Å². The Balaban J connectivity index is 3.08. The van der Waals surface area contributed by atoms with Crippen LogP contribution < -0.4 is 5.32 Å². The van der Waals surface area contributed by atoms with E-state index in [-0.39, 0.29) is 12.1 Å². The molecule has 0 aromatic rings. The van der Waals surface area contributed by atoms with Gasteiger partial charge < -0.3 is 15.2 Å². The molecule has 74 valence electrons. The summed E-state index contributed by atoms with van der Waals surface area (Å²) in [5.41, 5.74) is 0. The lowest BCUT2D eigenvalue weighted by Crippen LogP contribution is -2.36. The van der Waals surface area contributed by atoms with E-state index in [4.69, 9.17) is 9.84 Å². The molecule has 0 heterocycles. The van der Waals surface area contributed by atoms with Gasteiger partial charge in [0.25, 0.3) is 0 Å². The van der Waals surface area contributed by atoms with E-state index >= 15 is 0 Å². The number of nitrogens with one attached hydrogen (secondary N) is 1. The van der Waals surface area contributed by atoms with Gasteiger partial charge in [-0.1, -0.05) is 0 Å². The molecule has 0 saturated heterocycles. The maximum Gasteiger partial charge on any atom is 0.0662 e. The summed E-state index contributed by atoms with van der Waals surface area (Å²) in [7, 11) is 0. The molecule has 0 aliphatic rings. The Morgan fingerprint density at radius 1 is 1.42 bits per heavy atom. The molecule has 2 N–H and O–H groups in total. The van der Waals surface area contributed by atoms with Gasteiger partial charge in [-0.2, -0.15) is 0 Å². The van der Waals surface area contributed by atoms with Gasteiger partial charge in [-0.25, -0.2) is 0 Å². The molecule has 0 aromatic carbocycles. The highest BCUT2D eigenvalue weighted by atomic mass is 16.5. The second-order valence-electron chi connectivity index (χ2n) is 3.03. The molecule has 0 aromatic heterocycles. The molecule has 2 unspecified atom stereocenters. The van der Waals surface area contributed by atoms with Crippen LogP contribution in [0.15, 0.2) is 0 Å². The molecule has 0 amide bonds. The van der Waals surface area contributed by atoms with Crippen molar-refractivity contribution >= 4 is 0 Å². The minimum Gasteiger partial charge on any atom is -0.392 e. The lowest BCUT2D eigenvalue weighted by Gasteiger charge is -2.16. The lowest BCUT2D eigenvalue weighted by atomic mass is 10.2. The summed E-state index contributed by atoms with van der Waals surface area (Å²) in [4.78, 5) is 0. The Morgan fingerprint density at radius 2 is 2.08 bits per heavy atom. The first-order valence-electron chi connectivity index (χ1n) is 4.67. The van der Waals surface area contributed by atoms with Gasteiger partial charge in [-0.05, 0) is 33.7 Å². The largest absolute Gasteiger partial charge is 0.392 e. The second kappa shape index (κ2) is 7.53. The van der Waals surface area contributed by atoms with Gasteiger partial charge in [0, 0.05) is 19.3 Å². The molecule has 12 heavy (non-hydrogen) atoms. The SMILES string of the molecule is CCOCCCNC(C)C(C)O. The van der Waals surface area contributed by atoms with Crippen LogP contribution in [0.3, 0.4) is 0 Å². The van der Waals surface area contributed by atoms with E-state index in [0.717, 1.165) is 26.2 Å². The van der Waals surface area contributed by atoms with Gasteiger partial charge in [0.1, 0.15) is 0 Å². The zero-order valence-electron chi connectivity index (χ0n) is 8.34. The number of hydrogen-bond acceptors (Lipinski definition) is 3. The molecule has 2 atom stereocenters. The van der Waals surface area contributed by atoms with Gasteiger partial charge in [0.2, 0.25) is 0 Å². The van der Waals surface area contributed by atoms with Crippen molar-refractivity contribution in [3.63, 3.8) is 0 Å². The van der Waals surface area contributed by atoms with Gasteiger partial charge in [0.05, 0.1) is 6.10 Å². The fourth-order valence-electron chi connectivity index (χ4n) is 0.819. The Labute approximate surface area is 75.1 Å². The van der Waals surface area contributed by atoms with Crippen LogP contribution in [-0.4, -0.2) is 37.0 Å². The average Bonchev–Trinajstić information content (AvgIpc) is 2.03. The Morgan fingerprint density at radius 3 is 2.58 bits per heavy atom. The molecule has 0 saturated carbocycles. The van der Waals surface area contributed by atoms with Crippen LogP contribution in [0.5, 0.6) is 0 Å².